The van der Waals surface area contributed by atoms with Crippen LogP contribution in [-0.4, -0.2) is 58.7 Å². The van der Waals surface area contributed by atoms with Crippen molar-refractivity contribution in [2.24, 2.45) is 0 Å². The molecule has 1 aromatic rings. The molecule has 6 nitrogen and oxygen atoms in total. The summed E-state index contributed by atoms with van der Waals surface area (Å²) in [5.74, 6) is 0. The van der Waals surface area contributed by atoms with Gasteiger partial charge < -0.3 is 23.8 Å². The van der Waals surface area contributed by atoms with Crippen LogP contribution in [0.25, 0.3) is 0 Å². The fraction of sp³-hybridized carbons (Fsp3) is 0.667. The van der Waals surface area contributed by atoms with Crippen molar-refractivity contribution in [1.29, 1.82) is 0 Å². The van der Waals surface area contributed by atoms with E-state index in [0.29, 0.717) is 0 Å². The maximum Gasteiger partial charge on any atom is 0.494 e. The van der Waals surface area contributed by atoms with E-state index in [1.165, 1.54) is 5.69 Å². The number of ether oxygens (including phenoxy) is 1. The molecule has 0 aliphatic carbocycles. The maximum atomic E-state index is 6.13. The van der Waals surface area contributed by atoms with Crippen LogP contribution in [0.5, 0.6) is 0 Å². The zero-order valence-corrected chi connectivity index (χ0v) is 16.2. The van der Waals surface area contributed by atoms with E-state index < -0.39 is 0 Å². The number of benzene rings is 1. The van der Waals surface area contributed by atoms with Crippen molar-refractivity contribution in [2.45, 2.75) is 45.2 Å². The van der Waals surface area contributed by atoms with Gasteiger partial charge in [0.05, 0.1) is 31.0 Å². The fourth-order valence-electron chi connectivity index (χ4n) is 2.91. The summed E-state index contributed by atoms with van der Waals surface area (Å²) in [4.78, 5) is 11.1. The number of hydrogen-bond acceptors (Lipinski definition) is 6. The minimum absolute atomic E-state index is 0.295. The summed E-state index contributed by atoms with van der Waals surface area (Å²) in [6, 6.07) is 8.46. The molecule has 0 N–H and O–H groups in total. The van der Waals surface area contributed by atoms with Crippen LogP contribution in [0.3, 0.4) is 0 Å². The molecule has 3 fully saturated rings. The van der Waals surface area contributed by atoms with Gasteiger partial charge in [-0.05, 0) is 51.6 Å². The van der Waals surface area contributed by atoms with Gasteiger partial charge in [0, 0.05) is 18.8 Å². The molecular formula is C18H28B2NO5. The van der Waals surface area contributed by atoms with Crippen molar-refractivity contribution in [3.05, 3.63) is 24.3 Å². The first-order valence-electron chi connectivity index (χ1n) is 9.27. The minimum Gasteiger partial charge on any atom is -0.399 e. The van der Waals surface area contributed by atoms with E-state index >= 15 is 0 Å². The van der Waals surface area contributed by atoms with Crippen LogP contribution >= 0.6 is 0 Å². The van der Waals surface area contributed by atoms with E-state index in [4.69, 9.17) is 14.0 Å². The average molecular weight is 360 g/mol. The van der Waals surface area contributed by atoms with Crippen molar-refractivity contribution in [2.75, 3.05) is 37.8 Å². The van der Waals surface area contributed by atoms with E-state index in [9.17, 15) is 0 Å². The summed E-state index contributed by atoms with van der Waals surface area (Å²) in [5.41, 5.74) is 1.70. The van der Waals surface area contributed by atoms with Crippen LogP contribution < -0.4 is 10.4 Å². The fourth-order valence-corrected chi connectivity index (χ4v) is 2.91. The van der Waals surface area contributed by atoms with Gasteiger partial charge in [0.25, 0.3) is 0 Å². The van der Waals surface area contributed by atoms with Gasteiger partial charge >= 0.3 is 14.6 Å². The van der Waals surface area contributed by atoms with E-state index in [1.807, 2.05) is 0 Å². The molecule has 0 atom stereocenters. The van der Waals surface area contributed by atoms with Gasteiger partial charge in [0.15, 0.2) is 0 Å². The third-order valence-corrected chi connectivity index (χ3v) is 5.23. The smallest absolute Gasteiger partial charge is 0.399 e. The van der Waals surface area contributed by atoms with Gasteiger partial charge in [0.1, 0.15) is 0 Å². The van der Waals surface area contributed by atoms with Crippen molar-refractivity contribution in [3.63, 3.8) is 0 Å². The van der Waals surface area contributed by atoms with Gasteiger partial charge in [-0.2, -0.15) is 0 Å². The second-order valence-corrected chi connectivity index (χ2v) is 7.66. The number of morpholine rings is 1. The molecule has 8 heteroatoms. The molecule has 0 spiro atoms. The quantitative estimate of drug-likeness (QED) is 0.593. The first-order valence-corrected chi connectivity index (χ1v) is 9.27. The first-order chi connectivity index (χ1) is 12.4. The largest absolute Gasteiger partial charge is 0.494 e. The standard InChI is InChI=1S/C16H24BNO3.C2H4BO2/c1-15(2)16(3,4)21-17(20-15)13-6-5-7-14(12-13)18-8-10-19-11-9-18;1-2-4-5-3-1/h5-7,12H,8-11H2,1-4H3;1-2H2. The lowest BCUT2D eigenvalue weighted by molar-refractivity contribution is -0.181. The SMILES string of the molecule is CC1(C)OB(c2cccc(N3CCOCC3)c2)OC1(C)C.[B]1CCOO1. The van der Waals surface area contributed by atoms with Crippen molar-refractivity contribution in [3.8, 4) is 0 Å². The van der Waals surface area contributed by atoms with Crippen LogP contribution in [0.15, 0.2) is 24.3 Å². The number of rotatable bonds is 2. The highest BCUT2D eigenvalue weighted by atomic mass is 17.2. The minimum atomic E-state index is -0.299. The van der Waals surface area contributed by atoms with E-state index in [1.54, 1.807) is 7.48 Å². The molecule has 4 rings (SSSR count). The highest BCUT2D eigenvalue weighted by Crippen LogP contribution is 2.36. The van der Waals surface area contributed by atoms with Crippen molar-refractivity contribution in [1.82, 2.24) is 0 Å². The zero-order chi connectivity index (χ0) is 18.6. The lowest BCUT2D eigenvalue weighted by atomic mass is 9.79. The Labute approximate surface area is 157 Å². The van der Waals surface area contributed by atoms with Gasteiger partial charge in [0.2, 0.25) is 0 Å². The van der Waals surface area contributed by atoms with Gasteiger partial charge in [-0.1, -0.05) is 12.1 Å². The average Bonchev–Trinajstić information content (AvgIpc) is 3.27. The third-order valence-electron chi connectivity index (χ3n) is 5.23. The van der Waals surface area contributed by atoms with Gasteiger partial charge in [-0.3, -0.25) is 4.89 Å². The molecule has 3 saturated heterocycles. The molecule has 0 unspecified atom stereocenters. The van der Waals surface area contributed by atoms with Crippen molar-refractivity contribution < 1.29 is 23.7 Å². The van der Waals surface area contributed by atoms with E-state index in [0.717, 1.165) is 44.7 Å². The molecule has 26 heavy (non-hydrogen) atoms. The van der Waals surface area contributed by atoms with Crippen LogP contribution in [0.4, 0.5) is 5.69 Å². The number of anilines is 1. The Balaban J connectivity index is 0.000000339. The van der Waals surface area contributed by atoms with Crippen LogP contribution in [0, 0.1) is 0 Å². The monoisotopic (exact) mass is 360 g/mol. The molecular weight excluding hydrogens is 332 g/mol. The second kappa shape index (κ2) is 8.31. The van der Waals surface area contributed by atoms with Gasteiger partial charge in [-0.25, -0.2) is 0 Å². The summed E-state index contributed by atoms with van der Waals surface area (Å²) in [7, 11) is 1.34. The predicted molar refractivity (Wildman–Crippen MR) is 103 cm³/mol. The Kier molecular flexibility index (Phi) is 6.30. The summed E-state index contributed by atoms with van der Waals surface area (Å²) >= 11 is 0. The summed E-state index contributed by atoms with van der Waals surface area (Å²) in [6.07, 6.45) is 0.931. The highest BCUT2D eigenvalue weighted by molar-refractivity contribution is 6.62. The summed E-state index contributed by atoms with van der Waals surface area (Å²) in [6.45, 7) is 12.5. The maximum absolute atomic E-state index is 6.13. The molecule has 3 heterocycles. The van der Waals surface area contributed by atoms with Gasteiger partial charge in [-0.15, -0.1) is 0 Å². The molecule has 3 aliphatic heterocycles. The van der Waals surface area contributed by atoms with E-state index in [-0.39, 0.29) is 18.3 Å². The first kappa shape index (κ1) is 19.7. The third kappa shape index (κ3) is 4.61. The summed E-state index contributed by atoms with van der Waals surface area (Å²) in [5, 5.41) is 0. The second-order valence-electron chi connectivity index (χ2n) is 7.66. The van der Waals surface area contributed by atoms with Crippen LogP contribution in [-0.2, 0) is 23.7 Å². The number of hydrogen-bond donors (Lipinski definition) is 0. The Morgan fingerprint density at radius 1 is 1.00 bits per heavy atom. The predicted octanol–water partition coefficient (Wildman–Crippen LogP) is 1.81. The Hall–Kier alpha value is -1.05. The molecule has 3 aliphatic rings. The molecule has 1 radical (unpaired) electrons. The molecule has 0 saturated carbocycles. The normalized spacial score (nSPS) is 24.0. The van der Waals surface area contributed by atoms with E-state index in [2.05, 4.69) is 66.6 Å². The molecule has 0 amide bonds. The lowest BCUT2D eigenvalue weighted by Crippen LogP contribution is -2.41. The molecule has 1 aromatic carbocycles. The number of nitrogens with zero attached hydrogens (tertiary/aromatic N) is 1. The Morgan fingerprint density at radius 2 is 1.69 bits per heavy atom. The summed E-state index contributed by atoms with van der Waals surface area (Å²) < 4.78 is 17.7. The van der Waals surface area contributed by atoms with Crippen LogP contribution in [0.2, 0.25) is 6.32 Å². The highest BCUT2D eigenvalue weighted by Gasteiger charge is 2.51. The molecule has 0 aromatic heterocycles. The lowest BCUT2D eigenvalue weighted by Gasteiger charge is -2.32. The zero-order valence-electron chi connectivity index (χ0n) is 16.2. The Bertz CT molecular complexity index is 565. The van der Waals surface area contributed by atoms with Crippen molar-refractivity contribution >= 4 is 25.8 Å². The molecule has 0 bridgehead atoms. The van der Waals surface area contributed by atoms with Crippen LogP contribution in [0.1, 0.15) is 27.7 Å². The Morgan fingerprint density at radius 3 is 2.23 bits per heavy atom. The topological polar surface area (TPSA) is 49.4 Å². The molecule has 141 valence electrons.